The fourth-order valence-electron chi connectivity index (χ4n) is 9.61. The summed E-state index contributed by atoms with van der Waals surface area (Å²) in [5.41, 5.74) is 15.8. The van der Waals surface area contributed by atoms with Crippen LogP contribution in [0.4, 0.5) is 0 Å². The summed E-state index contributed by atoms with van der Waals surface area (Å²) in [6, 6.07) is 26.6. The molecule has 13 N–H and O–H groups in total. The fraction of sp³-hybridized carbons (Fsp3) is 0.317. The number of carboxylic acids is 1. The van der Waals surface area contributed by atoms with Crippen molar-refractivity contribution in [3.63, 3.8) is 0 Å². The van der Waals surface area contributed by atoms with Gasteiger partial charge in [0.25, 0.3) is 0 Å². The van der Waals surface area contributed by atoms with Crippen molar-refractivity contribution in [1.82, 2.24) is 47.2 Å². The first-order valence-corrected chi connectivity index (χ1v) is 29.6. The number of nitrogens with one attached hydrogen (secondary N) is 8. The summed E-state index contributed by atoms with van der Waals surface area (Å²) in [5, 5.41) is 34.2. The molecule has 3 heterocycles. The summed E-state index contributed by atoms with van der Waals surface area (Å²) in [6.07, 6.45) is 5.61. The number of carboxylic acid groups (broad SMARTS) is 1. The van der Waals surface area contributed by atoms with Crippen LogP contribution in [0.3, 0.4) is 0 Å². The van der Waals surface area contributed by atoms with Crippen molar-refractivity contribution in [3.05, 3.63) is 162 Å². The lowest BCUT2D eigenvalue weighted by Crippen LogP contribution is -2.61. The van der Waals surface area contributed by atoms with Crippen molar-refractivity contribution in [3.8, 4) is 0 Å². The molecule has 0 spiro atoms. The quantitative estimate of drug-likeness (QED) is 0.0460. The number of aliphatic carboxylic acids is 1. The Morgan fingerprint density at radius 2 is 1.27 bits per heavy atom. The third kappa shape index (κ3) is 16.4. The summed E-state index contributed by atoms with van der Waals surface area (Å²) in [7, 11) is 2.10. The van der Waals surface area contributed by atoms with Crippen LogP contribution in [-0.2, 0) is 64.0 Å². The minimum absolute atomic E-state index is 0.0683. The number of benzene rings is 5. The highest BCUT2D eigenvalue weighted by molar-refractivity contribution is 8.76. The zero-order chi connectivity index (χ0) is 58.1. The molecule has 428 valence electrons. The maximum Gasteiger partial charge on any atom is 0.326 e. The van der Waals surface area contributed by atoms with Gasteiger partial charge in [-0.2, -0.15) is 0 Å². The Morgan fingerprint density at radius 1 is 0.659 bits per heavy atom. The van der Waals surface area contributed by atoms with Gasteiger partial charge in [0.05, 0.1) is 6.04 Å². The van der Waals surface area contributed by atoms with E-state index in [2.05, 4.69) is 47.2 Å². The molecule has 1 aliphatic rings. The molecule has 8 rings (SSSR count). The number of carbonyl (C=O) groups excluding carboxylic acids is 7. The highest BCUT2D eigenvalue weighted by Crippen LogP contribution is 2.25. The number of H-pyrrole nitrogens is 1. The number of nitrogens with two attached hydrogens (primary N) is 2. The van der Waals surface area contributed by atoms with Crippen LogP contribution in [0, 0.1) is 0 Å². The number of carbonyl (C=O) groups is 8. The molecular formula is C60H67N11O9S2. The van der Waals surface area contributed by atoms with E-state index in [0.29, 0.717) is 29.5 Å². The van der Waals surface area contributed by atoms with Crippen molar-refractivity contribution in [2.45, 2.75) is 100 Å². The number of para-hydroxylation sites is 1. The van der Waals surface area contributed by atoms with Crippen LogP contribution in [0.15, 0.2) is 140 Å². The SMILES string of the molecule is C[C@@H]1NC(=O)[C@H](CCCCN)NC(=O)[C@@H](Cc2c[nH]c3ccccc23)NC(=O)[C@H](Cc2cccnc2)NC(=O)[C@H](NC(=O)[C@@H](N)Cc2ccc3ccccc3c2)CSSC[C@@H](C(=O)N[C@@H](Cc2ccc3ccccc3c2)C(=O)O)NC1=O. The largest absolute Gasteiger partial charge is 0.480 e. The van der Waals surface area contributed by atoms with Gasteiger partial charge in [0.2, 0.25) is 41.4 Å². The number of unbranched alkanes of at least 4 members (excludes halogenated alkanes) is 1. The zero-order valence-corrected chi connectivity index (χ0v) is 46.7. The van der Waals surface area contributed by atoms with Crippen LogP contribution in [0.1, 0.15) is 48.4 Å². The number of pyridine rings is 1. The topological polar surface area (TPSA) is 322 Å². The molecule has 7 aromatic rings. The maximum absolute atomic E-state index is 14.9. The van der Waals surface area contributed by atoms with Gasteiger partial charge in [-0.15, -0.1) is 0 Å². The predicted molar refractivity (Wildman–Crippen MR) is 318 cm³/mol. The minimum Gasteiger partial charge on any atom is -0.480 e. The third-order valence-corrected chi connectivity index (χ3v) is 16.6. The lowest BCUT2D eigenvalue weighted by Gasteiger charge is -2.28. The number of hydrogen-bond acceptors (Lipinski definition) is 13. The van der Waals surface area contributed by atoms with E-state index in [4.69, 9.17) is 11.5 Å². The van der Waals surface area contributed by atoms with Crippen LogP contribution in [0.5, 0.6) is 0 Å². The molecule has 82 heavy (non-hydrogen) atoms. The van der Waals surface area contributed by atoms with Crippen molar-refractivity contribution in [2.75, 3.05) is 18.1 Å². The summed E-state index contributed by atoms with van der Waals surface area (Å²) < 4.78 is 0. The molecule has 0 saturated carbocycles. The second kappa shape index (κ2) is 28.9. The Morgan fingerprint density at radius 3 is 1.94 bits per heavy atom. The summed E-state index contributed by atoms with van der Waals surface area (Å²) in [6.45, 7) is 1.69. The van der Waals surface area contributed by atoms with E-state index in [-0.39, 0.29) is 50.2 Å². The lowest BCUT2D eigenvalue weighted by molar-refractivity contribution is -0.142. The Kier molecular flexibility index (Phi) is 21.1. The van der Waals surface area contributed by atoms with Crippen molar-refractivity contribution in [1.29, 1.82) is 0 Å². The van der Waals surface area contributed by atoms with Crippen LogP contribution in [-0.4, -0.2) is 129 Å². The highest BCUT2D eigenvalue weighted by atomic mass is 33.1. The van der Waals surface area contributed by atoms with Gasteiger partial charge < -0.3 is 58.8 Å². The average molecular weight is 1150 g/mol. The Balaban J connectivity index is 1.11. The van der Waals surface area contributed by atoms with Crippen molar-refractivity contribution in [2.24, 2.45) is 11.5 Å². The Labute approximate surface area is 481 Å². The third-order valence-electron chi connectivity index (χ3n) is 14.2. The smallest absolute Gasteiger partial charge is 0.326 e. The predicted octanol–water partition coefficient (Wildman–Crippen LogP) is 3.49. The van der Waals surface area contributed by atoms with Gasteiger partial charge in [-0.25, -0.2) is 4.79 Å². The van der Waals surface area contributed by atoms with Crippen LogP contribution in [0.2, 0.25) is 0 Å². The molecular weight excluding hydrogens is 1080 g/mol. The van der Waals surface area contributed by atoms with Gasteiger partial charge in [-0.3, -0.25) is 38.5 Å². The number of aromatic nitrogens is 2. The molecule has 5 aromatic carbocycles. The molecule has 0 radical (unpaired) electrons. The summed E-state index contributed by atoms with van der Waals surface area (Å²) >= 11 is 0. The van der Waals surface area contributed by atoms with Gasteiger partial charge in [0.15, 0.2) is 0 Å². The molecule has 22 heteroatoms. The molecule has 0 bridgehead atoms. The van der Waals surface area contributed by atoms with E-state index >= 15 is 0 Å². The molecule has 20 nitrogen and oxygen atoms in total. The van der Waals surface area contributed by atoms with Crippen LogP contribution in [0.25, 0.3) is 32.4 Å². The van der Waals surface area contributed by atoms with E-state index in [0.717, 1.165) is 59.6 Å². The average Bonchev–Trinajstić information content (AvgIpc) is 3.96. The van der Waals surface area contributed by atoms with Gasteiger partial charge in [0.1, 0.15) is 42.3 Å². The fourth-order valence-corrected chi connectivity index (χ4v) is 11.9. The maximum atomic E-state index is 14.9. The lowest BCUT2D eigenvalue weighted by atomic mass is 10.0. The van der Waals surface area contributed by atoms with E-state index in [1.807, 2.05) is 103 Å². The van der Waals surface area contributed by atoms with E-state index < -0.39 is 95.7 Å². The molecule has 0 aliphatic carbocycles. The van der Waals surface area contributed by atoms with E-state index in [1.165, 1.54) is 13.1 Å². The van der Waals surface area contributed by atoms with Gasteiger partial charge in [-0.05, 0) is 95.1 Å². The standard InChI is InChI=1S/C60H67N11O9S2/c1-35-53(72)70-51(59(78)69-50(60(79)80)28-37-20-22-40-13-3-5-15-42(40)26-37)33-81-82-34-52(71-54(73)45(62)27-36-19-21-39-12-2-4-14-41(39)25-36)58(77)67-48(29-38-11-10-24-63-31-38)56(75)68-49(30-43-32-64-46-17-7-6-16-44(43)46)57(76)66-47(55(74)65-35)18-8-9-23-61/h2-7,10-17,19-22,24-26,31-32,35,45,47-52,64H,8-9,18,23,27-30,33-34,61-62H2,1H3,(H,65,74)(H,66,76)(H,67,77)(H,68,75)(H,69,78)(H,70,72)(H,71,73)(H,79,80)/t35-,45-,47-,48-,49+,50-,51-,52+/m0/s1. The first kappa shape index (κ1) is 59.8. The zero-order valence-electron chi connectivity index (χ0n) is 45.1. The first-order valence-electron chi connectivity index (χ1n) is 27.1. The number of hydrogen-bond donors (Lipinski definition) is 11. The molecule has 0 unspecified atom stereocenters. The molecule has 1 saturated heterocycles. The minimum atomic E-state index is -1.43. The molecule has 8 atom stereocenters. The van der Waals surface area contributed by atoms with Gasteiger partial charge in [0, 0.05) is 60.3 Å². The molecule has 2 aromatic heterocycles. The van der Waals surface area contributed by atoms with Crippen LogP contribution >= 0.6 is 21.6 Å². The van der Waals surface area contributed by atoms with E-state index in [9.17, 15) is 43.5 Å². The Hall–Kier alpha value is -8.31. The molecule has 1 aliphatic heterocycles. The van der Waals surface area contributed by atoms with Crippen LogP contribution < -0.4 is 48.7 Å². The van der Waals surface area contributed by atoms with E-state index in [1.54, 1.807) is 30.6 Å². The molecule has 7 amide bonds. The number of rotatable bonds is 17. The molecule has 1 fully saturated rings. The number of amides is 7. The second-order valence-corrected chi connectivity index (χ2v) is 22.8. The van der Waals surface area contributed by atoms with Crippen molar-refractivity contribution >= 4 is 101 Å². The number of fused-ring (bicyclic) bond motifs is 3. The van der Waals surface area contributed by atoms with Crippen molar-refractivity contribution < 1.29 is 43.5 Å². The summed E-state index contributed by atoms with van der Waals surface area (Å²) in [5.74, 6) is -7.08. The number of aromatic amines is 1. The second-order valence-electron chi connectivity index (χ2n) is 20.3. The van der Waals surface area contributed by atoms with Gasteiger partial charge >= 0.3 is 5.97 Å². The number of nitrogens with zero attached hydrogens (tertiary/aromatic N) is 1. The first-order chi connectivity index (χ1) is 39.6. The van der Waals surface area contributed by atoms with Gasteiger partial charge in [-0.1, -0.05) is 131 Å². The monoisotopic (exact) mass is 1150 g/mol. The summed E-state index contributed by atoms with van der Waals surface area (Å²) in [4.78, 5) is 121. The Bertz CT molecular complexity index is 3420. The highest BCUT2D eigenvalue weighted by Gasteiger charge is 2.35. The normalized spacial score (nSPS) is 20.5.